The quantitative estimate of drug-likeness (QED) is 0.524. The molecule has 0 aromatic heterocycles. The van der Waals surface area contributed by atoms with Crippen molar-refractivity contribution >= 4 is 15.9 Å². The van der Waals surface area contributed by atoms with Crippen LogP contribution in [0.25, 0.3) is 0 Å². The molecule has 1 fully saturated rings. The van der Waals surface area contributed by atoms with Gasteiger partial charge in [0.05, 0.1) is 0 Å². The van der Waals surface area contributed by atoms with Crippen LogP contribution in [0.15, 0.2) is 0 Å². The van der Waals surface area contributed by atoms with E-state index in [1.165, 1.54) is 32.2 Å². The molecule has 15 heavy (non-hydrogen) atoms. The topological polar surface area (TPSA) is 12.5 Å². The summed E-state index contributed by atoms with van der Waals surface area (Å²) in [4.78, 5) is 2.46. The van der Waals surface area contributed by atoms with Crippen molar-refractivity contribution in [1.29, 1.82) is 0 Å². The highest BCUT2D eigenvalue weighted by Crippen LogP contribution is 2.40. The fourth-order valence-corrected chi connectivity index (χ4v) is 3.33. The zero-order valence-corrected chi connectivity index (χ0v) is 11.7. The number of halogens is 1. The molecule has 0 radical (unpaired) electrons. The molecule has 0 N–H and O–H groups in total. The van der Waals surface area contributed by atoms with Crippen LogP contribution in [-0.4, -0.2) is 44.1 Å². The molecule has 2 nitrogen and oxygen atoms in total. The Hall–Kier alpha value is 0.400. The molecule has 0 aromatic carbocycles. The number of methoxy groups -OCH3 is 1. The monoisotopic (exact) mass is 277 g/mol. The fraction of sp³-hybridized carbons (Fsp3) is 1.00. The van der Waals surface area contributed by atoms with Crippen LogP contribution in [0.5, 0.6) is 0 Å². The summed E-state index contributed by atoms with van der Waals surface area (Å²) in [5.74, 6) is 0. The second-order valence-corrected chi connectivity index (χ2v) is 5.49. The van der Waals surface area contributed by atoms with E-state index in [1.807, 2.05) is 0 Å². The van der Waals surface area contributed by atoms with Crippen molar-refractivity contribution in [3.05, 3.63) is 0 Å². The minimum Gasteiger partial charge on any atom is -0.385 e. The normalized spacial score (nSPS) is 20.0. The lowest BCUT2D eigenvalue weighted by Gasteiger charge is -2.31. The third-order valence-corrected chi connectivity index (χ3v) is 4.63. The predicted octanol–water partition coefficient (Wildman–Crippen LogP) is 2.91. The van der Waals surface area contributed by atoms with Gasteiger partial charge in [-0.25, -0.2) is 0 Å². The Balaban J connectivity index is 2.25. The highest BCUT2D eigenvalue weighted by molar-refractivity contribution is 9.09. The van der Waals surface area contributed by atoms with Crippen molar-refractivity contribution in [3.8, 4) is 0 Å². The lowest BCUT2D eigenvalue weighted by Crippen LogP contribution is -2.35. The molecule has 0 atom stereocenters. The van der Waals surface area contributed by atoms with Crippen molar-refractivity contribution in [2.75, 3.05) is 39.2 Å². The van der Waals surface area contributed by atoms with Gasteiger partial charge in [-0.2, -0.15) is 0 Å². The van der Waals surface area contributed by atoms with Gasteiger partial charge in [-0.3, -0.25) is 0 Å². The van der Waals surface area contributed by atoms with Gasteiger partial charge in [0.2, 0.25) is 0 Å². The van der Waals surface area contributed by atoms with E-state index in [1.54, 1.807) is 7.11 Å². The zero-order chi connectivity index (χ0) is 11.1. The molecule has 0 saturated heterocycles. The second-order valence-electron chi connectivity index (χ2n) is 4.92. The number of rotatable bonds is 7. The second kappa shape index (κ2) is 6.87. The highest BCUT2D eigenvalue weighted by Gasteiger charge is 2.33. The molecule has 0 aromatic rings. The third-order valence-electron chi connectivity index (χ3n) is 3.44. The van der Waals surface area contributed by atoms with Gasteiger partial charge in [0.1, 0.15) is 0 Å². The summed E-state index contributed by atoms with van der Waals surface area (Å²) in [6.07, 6.45) is 6.76. The Morgan fingerprint density at radius 1 is 1.33 bits per heavy atom. The Bertz CT molecular complexity index is 169. The maximum atomic E-state index is 5.08. The molecular weight excluding hydrogens is 254 g/mol. The van der Waals surface area contributed by atoms with E-state index in [2.05, 4.69) is 27.9 Å². The molecule has 0 heterocycles. The summed E-state index contributed by atoms with van der Waals surface area (Å²) in [5, 5.41) is 1.16. The van der Waals surface area contributed by atoms with Crippen LogP contribution in [0.1, 0.15) is 32.1 Å². The molecule has 0 amide bonds. The van der Waals surface area contributed by atoms with Gasteiger partial charge in [0, 0.05) is 32.1 Å². The third kappa shape index (κ3) is 4.41. The summed E-state index contributed by atoms with van der Waals surface area (Å²) < 4.78 is 5.08. The minimum absolute atomic E-state index is 0.557. The van der Waals surface area contributed by atoms with Crippen molar-refractivity contribution in [2.45, 2.75) is 32.1 Å². The molecule has 1 aliphatic carbocycles. The molecular formula is C12H24BrNO. The Morgan fingerprint density at radius 2 is 2.00 bits per heavy atom. The molecule has 1 aliphatic rings. The van der Waals surface area contributed by atoms with Crippen molar-refractivity contribution < 1.29 is 4.74 Å². The van der Waals surface area contributed by atoms with E-state index in [0.717, 1.165) is 24.9 Å². The van der Waals surface area contributed by atoms with Crippen LogP contribution < -0.4 is 0 Å². The Labute approximate surface area is 102 Å². The lowest BCUT2D eigenvalue weighted by molar-refractivity contribution is 0.158. The molecule has 0 unspecified atom stereocenters. The van der Waals surface area contributed by atoms with Gasteiger partial charge >= 0.3 is 0 Å². The summed E-state index contributed by atoms with van der Waals surface area (Å²) in [7, 11) is 4.01. The average molecular weight is 278 g/mol. The molecule has 1 rings (SSSR count). The first kappa shape index (κ1) is 13.5. The minimum atomic E-state index is 0.557. The van der Waals surface area contributed by atoms with Gasteiger partial charge < -0.3 is 9.64 Å². The predicted molar refractivity (Wildman–Crippen MR) is 68.7 cm³/mol. The number of hydrogen-bond donors (Lipinski definition) is 0. The van der Waals surface area contributed by atoms with Crippen LogP contribution >= 0.6 is 15.9 Å². The Kier molecular flexibility index (Phi) is 6.17. The number of hydrogen-bond acceptors (Lipinski definition) is 2. The van der Waals surface area contributed by atoms with E-state index >= 15 is 0 Å². The molecule has 1 saturated carbocycles. The molecule has 0 spiro atoms. The van der Waals surface area contributed by atoms with Crippen molar-refractivity contribution in [2.24, 2.45) is 5.41 Å². The van der Waals surface area contributed by atoms with Gasteiger partial charge in [0.25, 0.3) is 0 Å². The van der Waals surface area contributed by atoms with Gasteiger partial charge in [-0.15, -0.1) is 0 Å². The maximum Gasteiger partial charge on any atom is 0.0474 e. The van der Waals surface area contributed by atoms with Crippen LogP contribution in [0.2, 0.25) is 0 Å². The maximum absolute atomic E-state index is 5.08. The number of ether oxygens (including phenoxy) is 1. The van der Waals surface area contributed by atoms with Crippen LogP contribution in [-0.2, 0) is 4.74 Å². The van der Waals surface area contributed by atoms with E-state index in [-0.39, 0.29) is 0 Å². The summed E-state index contributed by atoms with van der Waals surface area (Å²) in [6.45, 7) is 3.27. The summed E-state index contributed by atoms with van der Waals surface area (Å²) in [6, 6.07) is 0. The van der Waals surface area contributed by atoms with E-state index in [4.69, 9.17) is 4.74 Å². The largest absolute Gasteiger partial charge is 0.385 e. The fourth-order valence-electron chi connectivity index (χ4n) is 2.59. The molecule has 90 valence electrons. The van der Waals surface area contributed by atoms with Gasteiger partial charge in [-0.1, -0.05) is 28.8 Å². The highest BCUT2D eigenvalue weighted by atomic mass is 79.9. The summed E-state index contributed by atoms with van der Waals surface area (Å²) in [5.41, 5.74) is 0.557. The van der Waals surface area contributed by atoms with Crippen LogP contribution in [0.4, 0.5) is 0 Å². The first-order valence-electron chi connectivity index (χ1n) is 5.96. The van der Waals surface area contributed by atoms with Crippen molar-refractivity contribution in [3.63, 3.8) is 0 Å². The molecule has 3 heteroatoms. The van der Waals surface area contributed by atoms with Gasteiger partial charge in [-0.05, 0) is 31.7 Å². The van der Waals surface area contributed by atoms with E-state index in [0.29, 0.717) is 5.41 Å². The van der Waals surface area contributed by atoms with E-state index < -0.39 is 0 Å². The lowest BCUT2D eigenvalue weighted by atomic mass is 9.88. The SMILES string of the molecule is COCCCN(C)CC1(CBr)CCCC1. The van der Waals surface area contributed by atoms with E-state index in [9.17, 15) is 0 Å². The summed E-state index contributed by atoms with van der Waals surface area (Å²) >= 11 is 3.69. The standard InChI is InChI=1S/C12H24BrNO/c1-14(8-5-9-15-2)11-12(10-13)6-3-4-7-12/h3-11H2,1-2H3. The number of nitrogens with zero attached hydrogens (tertiary/aromatic N) is 1. The first-order chi connectivity index (χ1) is 7.22. The van der Waals surface area contributed by atoms with Crippen molar-refractivity contribution in [1.82, 2.24) is 4.90 Å². The van der Waals surface area contributed by atoms with Gasteiger partial charge in [0.15, 0.2) is 0 Å². The zero-order valence-electron chi connectivity index (χ0n) is 10.1. The average Bonchev–Trinajstić information content (AvgIpc) is 2.67. The first-order valence-corrected chi connectivity index (χ1v) is 7.08. The van der Waals surface area contributed by atoms with Crippen LogP contribution in [0.3, 0.4) is 0 Å². The molecule has 0 bridgehead atoms. The Morgan fingerprint density at radius 3 is 2.53 bits per heavy atom. The smallest absolute Gasteiger partial charge is 0.0474 e. The molecule has 0 aliphatic heterocycles. The number of alkyl halides is 1. The van der Waals surface area contributed by atoms with Crippen LogP contribution in [0, 0.1) is 5.41 Å².